The number of sulfone groups is 1. The zero-order valence-corrected chi connectivity index (χ0v) is 19.8. The van der Waals surface area contributed by atoms with E-state index in [-0.39, 0.29) is 30.7 Å². The highest BCUT2D eigenvalue weighted by atomic mass is 35.5. The van der Waals surface area contributed by atoms with Crippen molar-refractivity contribution >= 4 is 38.3 Å². The number of pyridine rings is 1. The number of hydrogen-bond acceptors (Lipinski definition) is 9. The van der Waals surface area contributed by atoms with Crippen LogP contribution < -0.4 is 9.64 Å². The van der Waals surface area contributed by atoms with Gasteiger partial charge in [0.15, 0.2) is 15.5 Å². The molecule has 3 N–H and O–H groups in total. The number of fused-ring (bicyclic) bond motifs is 1. The van der Waals surface area contributed by atoms with Crippen molar-refractivity contribution < 1.29 is 28.1 Å². The number of aromatic amines is 1. The summed E-state index contributed by atoms with van der Waals surface area (Å²) in [4.78, 5) is 14.1. The standard InChI is InChI=1S/C22H25ClN4O6S/c23-16-10-17-21(26-22(24-17)33-15-9-18(29)19(11-28)32-12-15)25-20(16)13-1-3-14(4-2-13)27-5-7-34(30,31)8-6-27/h1-4,10,15,18-19,28-29H,5-9,11-12H2,(H,24,25,26)/t15-,18+,19-/m1/s1. The fourth-order valence-electron chi connectivity index (χ4n) is 4.20. The molecular formula is C22H25ClN4O6S. The van der Waals surface area contributed by atoms with Crippen molar-refractivity contribution in [1.29, 1.82) is 0 Å². The largest absolute Gasteiger partial charge is 0.459 e. The number of ether oxygens (including phenoxy) is 2. The van der Waals surface area contributed by atoms with Crippen LogP contribution >= 0.6 is 11.6 Å². The van der Waals surface area contributed by atoms with Gasteiger partial charge in [0.25, 0.3) is 6.01 Å². The molecule has 0 aliphatic carbocycles. The molecule has 182 valence electrons. The molecule has 0 saturated carbocycles. The van der Waals surface area contributed by atoms with E-state index in [0.717, 1.165) is 11.3 Å². The maximum absolute atomic E-state index is 11.7. The van der Waals surface area contributed by atoms with E-state index in [1.54, 1.807) is 6.07 Å². The van der Waals surface area contributed by atoms with Gasteiger partial charge >= 0.3 is 0 Å². The van der Waals surface area contributed by atoms with E-state index in [0.29, 0.717) is 41.4 Å². The summed E-state index contributed by atoms with van der Waals surface area (Å²) in [5.74, 6) is 0.326. The third-order valence-electron chi connectivity index (χ3n) is 6.14. The highest BCUT2D eigenvalue weighted by molar-refractivity contribution is 7.91. The zero-order chi connectivity index (χ0) is 23.9. The third kappa shape index (κ3) is 4.84. The van der Waals surface area contributed by atoms with E-state index in [1.807, 2.05) is 24.3 Å². The van der Waals surface area contributed by atoms with Gasteiger partial charge in [-0.3, -0.25) is 0 Å². The second-order valence-corrected chi connectivity index (χ2v) is 11.2. The first-order valence-electron chi connectivity index (χ1n) is 11.0. The highest BCUT2D eigenvalue weighted by Crippen LogP contribution is 2.31. The topological polar surface area (TPSA) is 138 Å². The molecule has 5 rings (SSSR count). The van der Waals surface area contributed by atoms with E-state index >= 15 is 0 Å². The Morgan fingerprint density at radius 2 is 1.94 bits per heavy atom. The molecule has 0 spiro atoms. The van der Waals surface area contributed by atoms with Crippen molar-refractivity contribution in [2.24, 2.45) is 0 Å². The van der Waals surface area contributed by atoms with Crippen LogP contribution in [0.1, 0.15) is 6.42 Å². The van der Waals surface area contributed by atoms with Crippen LogP contribution in [0.25, 0.3) is 22.4 Å². The number of nitrogens with one attached hydrogen (secondary N) is 1. The van der Waals surface area contributed by atoms with Gasteiger partial charge in [-0.1, -0.05) is 23.7 Å². The first-order valence-corrected chi connectivity index (χ1v) is 13.2. The van der Waals surface area contributed by atoms with Gasteiger partial charge in [0, 0.05) is 30.8 Å². The minimum absolute atomic E-state index is 0.163. The summed E-state index contributed by atoms with van der Waals surface area (Å²) in [6.07, 6.45) is -1.51. The second-order valence-electron chi connectivity index (χ2n) is 8.51. The van der Waals surface area contributed by atoms with Crippen molar-refractivity contribution in [3.8, 4) is 17.3 Å². The van der Waals surface area contributed by atoms with Crippen LogP contribution in [0.3, 0.4) is 0 Å². The zero-order valence-electron chi connectivity index (χ0n) is 18.2. The molecular weight excluding hydrogens is 484 g/mol. The molecule has 10 nitrogen and oxygen atoms in total. The number of anilines is 1. The van der Waals surface area contributed by atoms with Crippen LogP contribution in [-0.2, 0) is 14.6 Å². The van der Waals surface area contributed by atoms with Gasteiger partial charge in [0.1, 0.15) is 12.2 Å². The van der Waals surface area contributed by atoms with Crippen LogP contribution in [0, 0.1) is 0 Å². The number of hydrogen-bond donors (Lipinski definition) is 3. The van der Waals surface area contributed by atoms with Crippen molar-refractivity contribution in [2.45, 2.75) is 24.7 Å². The number of aromatic nitrogens is 3. The van der Waals surface area contributed by atoms with Crippen LogP contribution in [0.2, 0.25) is 5.02 Å². The SMILES string of the molecule is O=S1(=O)CCN(c2ccc(-c3nc4nc(O[C@H]5CO[C@H](CO)[C@@H](O)C5)[nH]c4cc3Cl)cc2)CC1. The fourth-order valence-corrected chi connectivity index (χ4v) is 5.66. The van der Waals surface area contributed by atoms with Gasteiger partial charge < -0.3 is 29.6 Å². The molecule has 12 heteroatoms. The van der Waals surface area contributed by atoms with E-state index < -0.39 is 28.1 Å². The number of aliphatic hydroxyl groups excluding tert-OH is 2. The molecule has 4 heterocycles. The number of halogens is 1. The Balaban J connectivity index is 1.32. The number of aliphatic hydroxyl groups is 2. The quantitative estimate of drug-likeness (QED) is 0.466. The first kappa shape index (κ1) is 23.3. The van der Waals surface area contributed by atoms with Crippen LogP contribution in [-0.4, -0.2) is 89.7 Å². The van der Waals surface area contributed by atoms with Gasteiger partial charge in [-0.25, -0.2) is 13.4 Å². The molecule has 0 radical (unpaired) electrons. The van der Waals surface area contributed by atoms with E-state index in [2.05, 4.69) is 19.9 Å². The van der Waals surface area contributed by atoms with Gasteiger partial charge in [-0.15, -0.1) is 0 Å². The number of nitrogens with zero attached hydrogens (tertiary/aromatic N) is 3. The molecule has 3 aromatic rings. The lowest BCUT2D eigenvalue weighted by molar-refractivity contribution is -0.131. The van der Waals surface area contributed by atoms with Crippen molar-refractivity contribution in [3.63, 3.8) is 0 Å². The Morgan fingerprint density at radius 3 is 2.62 bits per heavy atom. The van der Waals surface area contributed by atoms with Crippen molar-refractivity contribution in [3.05, 3.63) is 35.4 Å². The van der Waals surface area contributed by atoms with Gasteiger partial charge in [-0.2, -0.15) is 4.98 Å². The Kier molecular flexibility index (Phi) is 6.38. The molecule has 1 aromatic carbocycles. The lowest BCUT2D eigenvalue weighted by atomic mass is 10.0. The summed E-state index contributed by atoms with van der Waals surface area (Å²) < 4.78 is 34.6. The molecule has 3 atom stereocenters. The number of imidazole rings is 1. The summed E-state index contributed by atoms with van der Waals surface area (Å²) in [5, 5.41) is 19.7. The van der Waals surface area contributed by atoms with Gasteiger partial charge in [-0.05, 0) is 18.2 Å². The monoisotopic (exact) mass is 508 g/mol. The van der Waals surface area contributed by atoms with E-state index in [9.17, 15) is 18.6 Å². The van der Waals surface area contributed by atoms with Gasteiger partial charge in [0.05, 0.1) is 47.1 Å². The second kappa shape index (κ2) is 9.31. The van der Waals surface area contributed by atoms with Crippen LogP contribution in [0.4, 0.5) is 5.69 Å². The molecule has 2 aromatic heterocycles. The average Bonchev–Trinajstić information content (AvgIpc) is 3.20. The molecule has 0 amide bonds. The minimum Gasteiger partial charge on any atom is -0.459 e. The Bertz CT molecular complexity index is 1270. The fraction of sp³-hybridized carbons (Fsp3) is 0.455. The summed E-state index contributed by atoms with van der Waals surface area (Å²) in [5.41, 5.74) is 3.38. The van der Waals surface area contributed by atoms with Crippen LogP contribution in [0.5, 0.6) is 6.01 Å². The molecule has 2 fully saturated rings. The molecule has 0 bridgehead atoms. The van der Waals surface area contributed by atoms with Gasteiger partial charge in [0.2, 0.25) is 0 Å². The molecule has 2 saturated heterocycles. The van der Waals surface area contributed by atoms with Crippen molar-refractivity contribution in [1.82, 2.24) is 15.0 Å². The normalized spacial score (nSPS) is 24.9. The van der Waals surface area contributed by atoms with E-state index in [4.69, 9.17) is 21.1 Å². The van der Waals surface area contributed by atoms with Crippen LogP contribution in [0.15, 0.2) is 30.3 Å². The average molecular weight is 509 g/mol. The molecule has 2 aliphatic rings. The minimum atomic E-state index is -2.93. The maximum Gasteiger partial charge on any atom is 0.296 e. The molecule has 2 aliphatic heterocycles. The highest BCUT2D eigenvalue weighted by Gasteiger charge is 2.31. The molecule has 0 unspecified atom stereocenters. The Morgan fingerprint density at radius 1 is 1.21 bits per heavy atom. The number of H-pyrrole nitrogens is 1. The van der Waals surface area contributed by atoms with Crippen molar-refractivity contribution in [2.75, 3.05) is 42.7 Å². The lowest BCUT2D eigenvalue weighted by Crippen LogP contribution is -2.45. The summed E-state index contributed by atoms with van der Waals surface area (Å²) in [6.45, 7) is 0.942. The van der Waals surface area contributed by atoms with E-state index in [1.165, 1.54) is 0 Å². The maximum atomic E-state index is 11.7. The first-order chi connectivity index (χ1) is 16.3. The summed E-state index contributed by atoms with van der Waals surface area (Å²) in [6, 6.07) is 9.65. The predicted octanol–water partition coefficient (Wildman–Crippen LogP) is 1.40. The number of rotatable bonds is 5. The number of benzene rings is 1. The Labute approximate surface area is 201 Å². The third-order valence-corrected chi connectivity index (χ3v) is 8.04. The molecule has 34 heavy (non-hydrogen) atoms. The Hall–Kier alpha value is -2.44. The predicted molar refractivity (Wildman–Crippen MR) is 127 cm³/mol. The smallest absolute Gasteiger partial charge is 0.296 e. The lowest BCUT2D eigenvalue weighted by Gasteiger charge is -2.31. The summed E-state index contributed by atoms with van der Waals surface area (Å²) in [7, 11) is -2.93. The summed E-state index contributed by atoms with van der Waals surface area (Å²) >= 11 is 6.50.